The van der Waals surface area contributed by atoms with Gasteiger partial charge in [-0.05, 0) is 25.5 Å². The molecular formula is C20H29F2IN6O. The Morgan fingerprint density at radius 2 is 2.17 bits per heavy atom. The second-order valence-electron chi connectivity index (χ2n) is 7.38. The van der Waals surface area contributed by atoms with Crippen LogP contribution in [0.5, 0.6) is 0 Å². The number of hydrogen-bond donors (Lipinski definition) is 2. The maximum Gasteiger partial charge on any atom is 0.228 e. The molecular weight excluding hydrogens is 505 g/mol. The van der Waals surface area contributed by atoms with Gasteiger partial charge in [0.1, 0.15) is 11.6 Å². The quantitative estimate of drug-likeness (QED) is 0.322. The molecule has 0 saturated carbocycles. The van der Waals surface area contributed by atoms with Gasteiger partial charge in [-0.3, -0.25) is 4.99 Å². The summed E-state index contributed by atoms with van der Waals surface area (Å²) in [6, 6.07) is 3.81. The number of nitrogens with zero attached hydrogens (tertiary/aromatic N) is 4. The Bertz CT molecular complexity index is 844. The standard InChI is InChI=1S/C20H28F2N6O.HI/c1-4-23-20(24-9-7-18-26-19(13(2)3)27-29-18)25-15-8-10-28(12-15)17-6-5-14(21)11-16(17)22;/h5-6,11,13,15H,4,7-10,12H2,1-3H3,(H2,23,24,25);1H. The van der Waals surface area contributed by atoms with Gasteiger partial charge in [-0.2, -0.15) is 4.98 Å². The fourth-order valence-electron chi connectivity index (χ4n) is 3.22. The topological polar surface area (TPSA) is 78.6 Å². The van der Waals surface area contributed by atoms with E-state index in [2.05, 4.69) is 25.8 Å². The van der Waals surface area contributed by atoms with E-state index in [1.165, 1.54) is 12.1 Å². The van der Waals surface area contributed by atoms with E-state index in [0.717, 1.165) is 19.0 Å². The first kappa shape index (κ1) is 24.3. The highest BCUT2D eigenvalue weighted by molar-refractivity contribution is 14.0. The Morgan fingerprint density at radius 3 is 2.83 bits per heavy atom. The minimum atomic E-state index is -0.566. The molecule has 1 fully saturated rings. The van der Waals surface area contributed by atoms with Gasteiger partial charge in [-0.1, -0.05) is 19.0 Å². The fourth-order valence-corrected chi connectivity index (χ4v) is 3.22. The summed E-state index contributed by atoms with van der Waals surface area (Å²) < 4.78 is 32.4. The highest BCUT2D eigenvalue weighted by atomic mass is 127. The molecule has 1 aliphatic heterocycles. The summed E-state index contributed by atoms with van der Waals surface area (Å²) in [5.74, 6) is 1.10. The van der Waals surface area contributed by atoms with Crippen LogP contribution in [0.3, 0.4) is 0 Å². The van der Waals surface area contributed by atoms with E-state index in [1.54, 1.807) is 0 Å². The number of aliphatic imine (C=N–C) groups is 1. The van der Waals surface area contributed by atoms with E-state index >= 15 is 0 Å². The monoisotopic (exact) mass is 534 g/mol. The molecule has 1 aromatic carbocycles. The summed E-state index contributed by atoms with van der Waals surface area (Å²) in [5, 5.41) is 10.6. The van der Waals surface area contributed by atoms with Crippen LogP contribution in [0, 0.1) is 11.6 Å². The number of nitrogens with one attached hydrogen (secondary N) is 2. The smallest absolute Gasteiger partial charge is 0.228 e. The van der Waals surface area contributed by atoms with Gasteiger partial charge in [0, 0.05) is 44.1 Å². The van der Waals surface area contributed by atoms with Gasteiger partial charge in [0.05, 0.1) is 12.2 Å². The van der Waals surface area contributed by atoms with E-state index in [4.69, 9.17) is 4.52 Å². The molecule has 3 rings (SSSR count). The predicted octanol–water partition coefficient (Wildman–Crippen LogP) is 3.47. The zero-order valence-electron chi connectivity index (χ0n) is 17.5. The predicted molar refractivity (Wildman–Crippen MR) is 124 cm³/mol. The van der Waals surface area contributed by atoms with Crippen molar-refractivity contribution < 1.29 is 13.3 Å². The van der Waals surface area contributed by atoms with Crippen LogP contribution >= 0.6 is 24.0 Å². The lowest BCUT2D eigenvalue weighted by molar-refractivity contribution is 0.372. The van der Waals surface area contributed by atoms with Gasteiger partial charge >= 0.3 is 0 Å². The number of guanidine groups is 1. The minimum absolute atomic E-state index is 0. The third-order valence-electron chi connectivity index (χ3n) is 4.72. The Hall–Kier alpha value is -1.98. The molecule has 2 heterocycles. The van der Waals surface area contributed by atoms with E-state index in [1.807, 2.05) is 25.7 Å². The maximum absolute atomic E-state index is 14.0. The molecule has 2 N–H and O–H groups in total. The highest BCUT2D eigenvalue weighted by Crippen LogP contribution is 2.24. The Balaban J connectivity index is 0.00000320. The number of halogens is 3. The highest BCUT2D eigenvalue weighted by Gasteiger charge is 2.25. The van der Waals surface area contributed by atoms with Gasteiger partial charge in [0.2, 0.25) is 5.89 Å². The molecule has 0 amide bonds. The molecule has 0 radical (unpaired) electrons. The third kappa shape index (κ3) is 6.51. The van der Waals surface area contributed by atoms with Crippen LogP contribution in [0.2, 0.25) is 0 Å². The van der Waals surface area contributed by atoms with E-state index in [9.17, 15) is 8.78 Å². The number of hydrogen-bond acceptors (Lipinski definition) is 5. The number of rotatable bonds is 7. The average molecular weight is 534 g/mol. The molecule has 2 aromatic rings. The van der Waals surface area contributed by atoms with Crippen LogP contribution in [0.15, 0.2) is 27.7 Å². The molecule has 10 heteroatoms. The van der Waals surface area contributed by atoms with Crippen LogP contribution in [0.1, 0.15) is 44.8 Å². The van der Waals surface area contributed by atoms with Crippen molar-refractivity contribution in [1.82, 2.24) is 20.8 Å². The Labute approximate surface area is 192 Å². The zero-order valence-corrected chi connectivity index (χ0v) is 19.8. The number of anilines is 1. The van der Waals surface area contributed by atoms with Crippen molar-refractivity contribution in [2.75, 3.05) is 31.1 Å². The molecule has 1 unspecified atom stereocenters. The van der Waals surface area contributed by atoms with Gasteiger partial charge in [0.25, 0.3) is 0 Å². The van der Waals surface area contributed by atoms with Crippen LogP contribution in [-0.4, -0.2) is 48.3 Å². The number of aromatic nitrogens is 2. The van der Waals surface area contributed by atoms with Gasteiger partial charge < -0.3 is 20.1 Å². The van der Waals surface area contributed by atoms with Crippen LogP contribution in [-0.2, 0) is 6.42 Å². The molecule has 1 atom stereocenters. The second-order valence-corrected chi connectivity index (χ2v) is 7.38. The first-order valence-corrected chi connectivity index (χ1v) is 10.0. The second kappa shape index (κ2) is 11.4. The molecule has 0 spiro atoms. The Morgan fingerprint density at radius 1 is 1.37 bits per heavy atom. The van der Waals surface area contributed by atoms with E-state index < -0.39 is 11.6 Å². The molecule has 166 valence electrons. The molecule has 1 aromatic heterocycles. The van der Waals surface area contributed by atoms with Crippen molar-refractivity contribution in [3.63, 3.8) is 0 Å². The van der Waals surface area contributed by atoms with Crippen molar-refractivity contribution in [3.8, 4) is 0 Å². The summed E-state index contributed by atoms with van der Waals surface area (Å²) in [6.45, 7) is 8.59. The van der Waals surface area contributed by atoms with Gasteiger partial charge in [-0.15, -0.1) is 24.0 Å². The van der Waals surface area contributed by atoms with Crippen molar-refractivity contribution in [2.24, 2.45) is 4.99 Å². The molecule has 1 saturated heterocycles. The Kier molecular flexibility index (Phi) is 9.25. The SMILES string of the molecule is CCNC(=NCCc1nc(C(C)C)no1)NC1CCN(c2ccc(F)cc2F)C1.I. The lowest BCUT2D eigenvalue weighted by atomic mass is 10.2. The summed E-state index contributed by atoms with van der Waals surface area (Å²) >= 11 is 0. The summed E-state index contributed by atoms with van der Waals surface area (Å²) in [6.07, 6.45) is 1.40. The van der Waals surface area contributed by atoms with Crippen molar-refractivity contribution >= 4 is 35.6 Å². The third-order valence-corrected chi connectivity index (χ3v) is 4.72. The minimum Gasteiger partial charge on any atom is -0.367 e. The molecule has 0 bridgehead atoms. The van der Waals surface area contributed by atoms with Crippen molar-refractivity contribution in [2.45, 2.75) is 45.6 Å². The summed E-state index contributed by atoms with van der Waals surface area (Å²) in [7, 11) is 0. The van der Waals surface area contributed by atoms with E-state index in [0.29, 0.717) is 49.4 Å². The maximum atomic E-state index is 14.0. The fraction of sp³-hybridized carbons (Fsp3) is 0.550. The molecule has 1 aliphatic rings. The van der Waals surface area contributed by atoms with Crippen molar-refractivity contribution in [1.29, 1.82) is 0 Å². The molecule has 7 nitrogen and oxygen atoms in total. The summed E-state index contributed by atoms with van der Waals surface area (Å²) in [4.78, 5) is 10.9. The van der Waals surface area contributed by atoms with Gasteiger partial charge in [-0.25, -0.2) is 8.78 Å². The van der Waals surface area contributed by atoms with Crippen molar-refractivity contribution in [3.05, 3.63) is 41.5 Å². The number of benzene rings is 1. The van der Waals surface area contributed by atoms with Crippen LogP contribution < -0.4 is 15.5 Å². The molecule has 0 aliphatic carbocycles. The average Bonchev–Trinajstić information content (AvgIpc) is 3.32. The lowest BCUT2D eigenvalue weighted by Crippen LogP contribution is -2.44. The lowest BCUT2D eigenvalue weighted by Gasteiger charge is -2.21. The zero-order chi connectivity index (χ0) is 20.8. The normalized spacial score (nSPS) is 16.7. The van der Waals surface area contributed by atoms with Crippen LogP contribution in [0.4, 0.5) is 14.5 Å². The largest absolute Gasteiger partial charge is 0.367 e. The first-order valence-electron chi connectivity index (χ1n) is 10.0. The van der Waals surface area contributed by atoms with E-state index in [-0.39, 0.29) is 35.9 Å². The van der Waals surface area contributed by atoms with Crippen LogP contribution in [0.25, 0.3) is 0 Å². The van der Waals surface area contributed by atoms with Gasteiger partial charge in [0.15, 0.2) is 11.8 Å². The first-order chi connectivity index (χ1) is 14.0. The molecule has 30 heavy (non-hydrogen) atoms. The summed E-state index contributed by atoms with van der Waals surface area (Å²) in [5.41, 5.74) is 0.426.